The van der Waals surface area contributed by atoms with Crippen molar-refractivity contribution in [1.29, 1.82) is 0 Å². The minimum absolute atomic E-state index is 0.721. The summed E-state index contributed by atoms with van der Waals surface area (Å²) >= 11 is 7.48. The summed E-state index contributed by atoms with van der Waals surface area (Å²) in [6.45, 7) is 1.95. The Kier molecular flexibility index (Phi) is 3.05. The fraction of sp³-hybridized carbons (Fsp3) is 0.0833. The van der Waals surface area contributed by atoms with Gasteiger partial charge in [0.15, 0.2) is 0 Å². The largest absolute Gasteiger partial charge is 0.262 e. The van der Waals surface area contributed by atoms with Crippen molar-refractivity contribution < 1.29 is 0 Å². The lowest BCUT2D eigenvalue weighted by atomic mass is 10.2. The SMILES string of the molecule is Cc1cc(C#Cc2sccc2Cl)ccn1. The molecule has 0 aromatic carbocycles. The molecular weight excluding hydrogens is 226 g/mol. The highest BCUT2D eigenvalue weighted by Gasteiger charge is 1.96. The molecule has 0 amide bonds. The minimum Gasteiger partial charge on any atom is -0.262 e. The molecular formula is C12H8ClNS. The molecule has 0 atom stereocenters. The van der Waals surface area contributed by atoms with Crippen LogP contribution in [0.1, 0.15) is 16.1 Å². The van der Waals surface area contributed by atoms with Crippen LogP contribution in [0.4, 0.5) is 0 Å². The number of thiophene rings is 1. The summed E-state index contributed by atoms with van der Waals surface area (Å²) in [7, 11) is 0. The van der Waals surface area contributed by atoms with E-state index in [0.717, 1.165) is 21.2 Å². The molecule has 0 radical (unpaired) electrons. The molecule has 1 nitrogen and oxygen atoms in total. The first kappa shape index (κ1) is 10.2. The van der Waals surface area contributed by atoms with Crippen molar-refractivity contribution in [3.63, 3.8) is 0 Å². The number of rotatable bonds is 0. The van der Waals surface area contributed by atoms with Gasteiger partial charge in [-0.05, 0) is 36.4 Å². The lowest BCUT2D eigenvalue weighted by molar-refractivity contribution is 1.19. The number of hydrogen-bond acceptors (Lipinski definition) is 2. The molecule has 0 saturated heterocycles. The minimum atomic E-state index is 0.721. The van der Waals surface area contributed by atoms with Gasteiger partial charge in [0.2, 0.25) is 0 Å². The standard InChI is InChI=1S/C12H8ClNS/c1-9-8-10(4-6-14-9)2-3-12-11(13)5-7-15-12/h4-8H,1H3. The Hall–Kier alpha value is -1.30. The van der Waals surface area contributed by atoms with E-state index in [2.05, 4.69) is 16.8 Å². The van der Waals surface area contributed by atoms with Gasteiger partial charge in [-0.2, -0.15) is 0 Å². The molecule has 15 heavy (non-hydrogen) atoms. The lowest BCUT2D eigenvalue weighted by Crippen LogP contribution is -1.81. The average Bonchev–Trinajstić information content (AvgIpc) is 2.61. The van der Waals surface area contributed by atoms with E-state index in [4.69, 9.17) is 11.6 Å². The quantitative estimate of drug-likeness (QED) is 0.635. The Labute approximate surface area is 97.7 Å². The maximum absolute atomic E-state index is 5.93. The van der Waals surface area contributed by atoms with Gasteiger partial charge in [0.25, 0.3) is 0 Å². The summed E-state index contributed by atoms with van der Waals surface area (Å²) in [6.07, 6.45) is 1.76. The molecule has 0 aliphatic rings. The van der Waals surface area contributed by atoms with Crippen molar-refractivity contribution in [1.82, 2.24) is 4.98 Å². The molecule has 74 valence electrons. The van der Waals surface area contributed by atoms with Crippen molar-refractivity contribution in [3.8, 4) is 11.8 Å². The van der Waals surface area contributed by atoms with Gasteiger partial charge in [-0.1, -0.05) is 17.5 Å². The molecule has 2 aromatic rings. The zero-order chi connectivity index (χ0) is 10.7. The number of hydrogen-bond donors (Lipinski definition) is 0. The average molecular weight is 234 g/mol. The van der Waals surface area contributed by atoms with Crippen molar-refractivity contribution in [2.75, 3.05) is 0 Å². The van der Waals surface area contributed by atoms with Gasteiger partial charge in [-0.25, -0.2) is 0 Å². The maximum Gasteiger partial charge on any atom is 0.0958 e. The molecule has 0 fully saturated rings. The first-order valence-corrected chi connectivity index (χ1v) is 5.69. The molecule has 0 saturated carbocycles. The van der Waals surface area contributed by atoms with Gasteiger partial charge in [0.05, 0.1) is 9.90 Å². The smallest absolute Gasteiger partial charge is 0.0958 e. The maximum atomic E-state index is 5.93. The van der Waals surface area contributed by atoms with Gasteiger partial charge in [-0.15, -0.1) is 11.3 Å². The van der Waals surface area contributed by atoms with Crippen LogP contribution in [0.2, 0.25) is 5.02 Å². The second-order valence-electron chi connectivity index (χ2n) is 3.03. The van der Waals surface area contributed by atoms with Crippen LogP contribution in [0, 0.1) is 18.8 Å². The first-order valence-electron chi connectivity index (χ1n) is 4.43. The van der Waals surface area contributed by atoms with Crippen molar-refractivity contribution >= 4 is 22.9 Å². The van der Waals surface area contributed by atoms with Crippen LogP contribution >= 0.6 is 22.9 Å². The normalized spacial score (nSPS) is 9.47. The summed E-state index contributed by atoms with van der Waals surface area (Å²) in [4.78, 5) is 5.02. The van der Waals surface area contributed by atoms with Crippen LogP contribution in [0.5, 0.6) is 0 Å². The van der Waals surface area contributed by atoms with Gasteiger partial charge in [0, 0.05) is 17.5 Å². The molecule has 0 bridgehead atoms. The third-order valence-electron chi connectivity index (χ3n) is 1.83. The second-order valence-corrected chi connectivity index (χ2v) is 4.36. The van der Waals surface area contributed by atoms with Crippen molar-refractivity contribution in [2.45, 2.75) is 6.92 Å². The number of nitrogens with zero attached hydrogens (tertiary/aromatic N) is 1. The first-order chi connectivity index (χ1) is 7.25. The van der Waals surface area contributed by atoms with Gasteiger partial charge >= 0.3 is 0 Å². The van der Waals surface area contributed by atoms with E-state index in [0.29, 0.717) is 0 Å². The van der Waals surface area contributed by atoms with E-state index in [-0.39, 0.29) is 0 Å². The van der Waals surface area contributed by atoms with Gasteiger partial charge < -0.3 is 0 Å². The lowest BCUT2D eigenvalue weighted by Gasteiger charge is -1.91. The predicted molar refractivity (Wildman–Crippen MR) is 64.3 cm³/mol. The molecule has 2 aromatic heterocycles. The molecule has 2 heterocycles. The monoisotopic (exact) mass is 233 g/mol. The molecule has 0 unspecified atom stereocenters. The van der Waals surface area contributed by atoms with Crippen molar-refractivity contribution in [2.24, 2.45) is 0 Å². The predicted octanol–water partition coefficient (Wildman–Crippen LogP) is 3.50. The summed E-state index contributed by atoms with van der Waals surface area (Å²) in [5.41, 5.74) is 1.94. The van der Waals surface area contributed by atoms with E-state index in [9.17, 15) is 0 Å². The molecule has 0 N–H and O–H groups in total. The molecule has 0 aliphatic heterocycles. The fourth-order valence-electron chi connectivity index (χ4n) is 1.14. The van der Waals surface area contributed by atoms with Crippen molar-refractivity contribution in [3.05, 3.63) is 50.9 Å². The number of pyridine rings is 1. The Balaban J connectivity index is 2.30. The van der Waals surface area contributed by atoms with Crippen LogP contribution in [0.25, 0.3) is 0 Å². The Bertz CT molecular complexity index is 534. The molecule has 2 rings (SSSR count). The van der Waals surface area contributed by atoms with Gasteiger partial charge in [-0.3, -0.25) is 4.98 Å². The number of aromatic nitrogens is 1. The third-order valence-corrected chi connectivity index (χ3v) is 3.09. The Morgan fingerprint density at radius 3 is 2.87 bits per heavy atom. The molecule has 3 heteroatoms. The van der Waals surface area contributed by atoms with E-state index in [1.165, 1.54) is 0 Å². The second kappa shape index (κ2) is 4.48. The van der Waals surface area contributed by atoms with Crippen LogP contribution in [0.15, 0.2) is 29.8 Å². The van der Waals surface area contributed by atoms with Crippen LogP contribution < -0.4 is 0 Å². The van der Waals surface area contributed by atoms with Gasteiger partial charge in [0.1, 0.15) is 0 Å². The summed E-state index contributed by atoms with van der Waals surface area (Å²) < 4.78 is 0. The topological polar surface area (TPSA) is 12.9 Å². The number of aryl methyl sites for hydroxylation is 1. The summed E-state index contributed by atoms with van der Waals surface area (Å²) in [5, 5.41) is 2.66. The number of halogens is 1. The molecule has 0 spiro atoms. The fourth-order valence-corrected chi connectivity index (χ4v) is 2.08. The Morgan fingerprint density at radius 2 is 2.20 bits per heavy atom. The molecule has 0 aliphatic carbocycles. The van der Waals surface area contributed by atoms with Crippen LogP contribution in [0.3, 0.4) is 0 Å². The summed E-state index contributed by atoms with van der Waals surface area (Å²) in [5.74, 6) is 6.11. The van der Waals surface area contributed by atoms with E-state index in [1.807, 2.05) is 30.5 Å². The zero-order valence-electron chi connectivity index (χ0n) is 8.12. The third kappa shape index (κ3) is 2.59. The highest BCUT2D eigenvalue weighted by molar-refractivity contribution is 7.11. The zero-order valence-corrected chi connectivity index (χ0v) is 9.69. The summed E-state index contributed by atoms with van der Waals surface area (Å²) in [6, 6.07) is 5.70. The highest BCUT2D eigenvalue weighted by atomic mass is 35.5. The highest BCUT2D eigenvalue weighted by Crippen LogP contribution is 2.20. The van der Waals surface area contributed by atoms with E-state index >= 15 is 0 Å². The van der Waals surface area contributed by atoms with Crippen LogP contribution in [-0.4, -0.2) is 4.98 Å². The van der Waals surface area contributed by atoms with E-state index < -0.39 is 0 Å². The Morgan fingerprint density at radius 1 is 1.33 bits per heavy atom. The van der Waals surface area contributed by atoms with Crippen LogP contribution in [-0.2, 0) is 0 Å². The van der Waals surface area contributed by atoms with E-state index in [1.54, 1.807) is 17.5 Å².